The van der Waals surface area contributed by atoms with Gasteiger partial charge in [-0.15, -0.1) is 0 Å². The zero-order chi connectivity index (χ0) is 17.7. The number of sulfonamides is 1. The summed E-state index contributed by atoms with van der Waals surface area (Å²) >= 11 is 0. The lowest BCUT2D eigenvalue weighted by molar-refractivity contribution is -0.139. The molecule has 2 amide bonds. The molecule has 1 fully saturated rings. The first-order valence-electron chi connectivity index (χ1n) is 7.17. The average Bonchev–Trinajstić information content (AvgIpc) is 3.08. The Labute approximate surface area is 140 Å². The molecule has 2 rings (SSSR count). The number of nitrogens with one attached hydrogen (secondary N) is 2. The number of ether oxygens (including phenoxy) is 2. The molecule has 0 aliphatic carbocycles. The van der Waals surface area contributed by atoms with Gasteiger partial charge in [0.2, 0.25) is 10.0 Å². The van der Waals surface area contributed by atoms with Crippen molar-refractivity contribution in [2.24, 2.45) is 0 Å². The summed E-state index contributed by atoms with van der Waals surface area (Å²) in [5.41, 5.74) is 0. The van der Waals surface area contributed by atoms with E-state index >= 15 is 0 Å². The van der Waals surface area contributed by atoms with Gasteiger partial charge in [0.25, 0.3) is 0 Å². The normalized spacial score (nSPS) is 18.2. The van der Waals surface area contributed by atoms with Gasteiger partial charge in [-0.2, -0.15) is 4.31 Å². The number of methoxy groups -OCH3 is 1. The maximum absolute atomic E-state index is 12.7. The van der Waals surface area contributed by atoms with Crippen molar-refractivity contribution in [3.05, 3.63) is 24.3 Å². The standard InChI is InChI=1S/C14H19N3O6S/c1-15-13(18)14(19)16-9-12-17(7-8-23-12)24(20,21)11-5-3-10(22-2)4-6-11/h3-6,12H,7-9H2,1-2H3,(H,15,18)(H,16,19)/t12-/m0/s1. The van der Waals surface area contributed by atoms with Gasteiger partial charge >= 0.3 is 11.8 Å². The predicted octanol–water partition coefficient (Wildman–Crippen LogP) is -1.10. The van der Waals surface area contributed by atoms with Crippen molar-refractivity contribution in [2.45, 2.75) is 11.1 Å². The minimum absolute atomic E-state index is 0.0939. The van der Waals surface area contributed by atoms with Gasteiger partial charge in [-0.05, 0) is 24.3 Å². The van der Waals surface area contributed by atoms with E-state index in [2.05, 4.69) is 10.6 Å². The van der Waals surface area contributed by atoms with E-state index in [4.69, 9.17) is 9.47 Å². The van der Waals surface area contributed by atoms with Gasteiger partial charge in [0.15, 0.2) is 0 Å². The molecule has 1 aliphatic heterocycles. The Balaban J connectivity index is 2.10. The fraction of sp³-hybridized carbons (Fsp3) is 0.429. The fourth-order valence-electron chi connectivity index (χ4n) is 2.20. The zero-order valence-corrected chi connectivity index (χ0v) is 14.1. The molecule has 1 heterocycles. The highest BCUT2D eigenvalue weighted by Gasteiger charge is 2.36. The number of nitrogens with zero attached hydrogens (tertiary/aromatic N) is 1. The van der Waals surface area contributed by atoms with Crippen LogP contribution in [-0.2, 0) is 24.3 Å². The molecule has 0 bridgehead atoms. The lowest BCUT2D eigenvalue weighted by Crippen LogP contribution is -2.46. The highest BCUT2D eigenvalue weighted by Crippen LogP contribution is 2.23. The number of benzene rings is 1. The smallest absolute Gasteiger partial charge is 0.309 e. The highest BCUT2D eigenvalue weighted by molar-refractivity contribution is 7.89. The summed E-state index contributed by atoms with van der Waals surface area (Å²) in [6, 6.07) is 5.97. The van der Waals surface area contributed by atoms with Crippen molar-refractivity contribution >= 4 is 21.8 Å². The Morgan fingerprint density at radius 1 is 1.29 bits per heavy atom. The number of rotatable bonds is 5. The summed E-state index contributed by atoms with van der Waals surface area (Å²) in [6.45, 7) is 0.242. The third-order valence-corrected chi connectivity index (χ3v) is 5.38. The molecular weight excluding hydrogens is 338 g/mol. The van der Waals surface area contributed by atoms with Gasteiger partial charge in [-0.1, -0.05) is 0 Å². The van der Waals surface area contributed by atoms with Gasteiger partial charge in [0, 0.05) is 13.6 Å². The summed E-state index contributed by atoms with van der Waals surface area (Å²) in [4.78, 5) is 22.7. The van der Waals surface area contributed by atoms with Crippen LogP contribution < -0.4 is 15.4 Å². The maximum atomic E-state index is 12.7. The molecule has 0 saturated carbocycles. The van der Waals surface area contributed by atoms with Crippen LogP contribution in [-0.4, -0.2) is 64.6 Å². The minimum Gasteiger partial charge on any atom is -0.497 e. The number of likely N-dealkylation sites (N-methyl/N-ethyl adjacent to an activating group) is 1. The van der Waals surface area contributed by atoms with Crippen molar-refractivity contribution in [1.82, 2.24) is 14.9 Å². The van der Waals surface area contributed by atoms with Crippen molar-refractivity contribution in [3.63, 3.8) is 0 Å². The van der Waals surface area contributed by atoms with Crippen LogP contribution in [0.1, 0.15) is 0 Å². The summed E-state index contributed by atoms with van der Waals surface area (Å²) < 4.78 is 36.9. The van der Waals surface area contributed by atoms with Gasteiger partial charge in [0.05, 0.1) is 25.2 Å². The van der Waals surface area contributed by atoms with Crippen LogP contribution in [0.2, 0.25) is 0 Å². The van der Waals surface area contributed by atoms with E-state index in [0.717, 1.165) is 4.31 Å². The van der Waals surface area contributed by atoms with Crippen LogP contribution in [0.3, 0.4) is 0 Å². The first-order valence-corrected chi connectivity index (χ1v) is 8.61. The molecular formula is C14H19N3O6S. The van der Waals surface area contributed by atoms with Crippen LogP contribution in [0.25, 0.3) is 0 Å². The Morgan fingerprint density at radius 3 is 2.54 bits per heavy atom. The van der Waals surface area contributed by atoms with E-state index in [-0.39, 0.29) is 24.6 Å². The third kappa shape index (κ3) is 3.83. The number of carbonyl (C=O) groups is 2. The molecule has 0 spiro atoms. The Hall–Kier alpha value is -2.17. The molecule has 1 aliphatic rings. The molecule has 1 aromatic carbocycles. The molecule has 132 valence electrons. The van der Waals surface area contributed by atoms with Crippen molar-refractivity contribution in [1.29, 1.82) is 0 Å². The SMILES string of the molecule is CNC(=O)C(=O)NC[C@@H]1OCCN1S(=O)(=O)c1ccc(OC)cc1. The second-order valence-corrected chi connectivity index (χ2v) is 6.80. The van der Waals surface area contributed by atoms with Crippen molar-refractivity contribution in [2.75, 3.05) is 33.9 Å². The first kappa shape index (κ1) is 18.2. The van der Waals surface area contributed by atoms with Gasteiger partial charge in [0.1, 0.15) is 12.0 Å². The number of hydrogen-bond acceptors (Lipinski definition) is 6. The number of hydrogen-bond donors (Lipinski definition) is 2. The third-order valence-electron chi connectivity index (χ3n) is 3.48. The molecule has 1 saturated heterocycles. The minimum atomic E-state index is -3.79. The van der Waals surface area contributed by atoms with E-state index in [1.807, 2.05) is 0 Å². The van der Waals surface area contributed by atoms with E-state index in [1.165, 1.54) is 26.3 Å². The van der Waals surface area contributed by atoms with E-state index in [1.54, 1.807) is 12.1 Å². The van der Waals surface area contributed by atoms with Crippen LogP contribution in [0.5, 0.6) is 5.75 Å². The number of carbonyl (C=O) groups excluding carboxylic acids is 2. The highest BCUT2D eigenvalue weighted by atomic mass is 32.2. The Kier molecular flexibility index (Phi) is 5.75. The summed E-state index contributed by atoms with van der Waals surface area (Å²) in [5.74, 6) is -1.12. The van der Waals surface area contributed by atoms with E-state index in [9.17, 15) is 18.0 Å². The molecule has 24 heavy (non-hydrogen) atoms. The molecule has 10 heteroatoms. The second kappa shape index (κ2) is 7.60. The van der Waals surface area contributed by atoms with Crippen molar-refractivity contribution < 1.29 is 27.5 Å². The second-order valence-electron chi connectivity index (χ2n) is 4.91. The summed E-state index contributed by atoms with van der Waals surface area (Å²) in [5, 5.41) is 4.53. The molecule has 2 N–H and O–H groups in total. The van der Waals surface area contributed by atoms with E-state index in [0.29, 0.717) is 5.75 Å². The molecule has 1 aromatic rings. The molecule has 1 atom stereocenters. The molecule has 0 aromatic heterocycles. The number of amides is 2. The summed E-state index contributed by atoms with van der Waals surface area (Å²) in [7, 11) is -0.969. The Bertz CT molecular complexity index is 704. The topological polar surface area (TPSA) is 114 Å². The lowest BCUT2D eigenvalue weighted by Gasteiger charge is -2.22. The van der Waals surface area contributed by atoms with Crippen molar-refractivity contribution in [3.8, 4) is 5.75 Å². The van der Waals surface area contributed by atoms with Gasteiger partial charge < -0.3 is 20.1 Å². The molecule has 0 unspecified atom stereocenters. The van der Waals surface area contributed by atoms with Crippen LogP contribution in [0.15, 0.2) is 29.2 Å². The van der Waals surface area contributed by atoms with Crippen LogP contribution in [0, 0.1) is 0 Å². The van der Waals surface area contributed by atoms with Gasteiger partial charge in [-0.3, -0.25) is 9.59 Å². The first-order chi connectivity index (χ1) is 11.4. The average molecular weight is 357 g/mol. The monoisotopic (exact) mass is 357 g/mol. The predicted molar refractivity (Wildman–Crippen MR) is 83.7 cm³/mol. The largest absolute Gasteiger partial charge is 0.497 e. The van der Waals surface area contributed by atoms with Crippen LogP contribution in [0.4, 0.5) is 0 Å². The summed E-state index contributed by atoms with van der Waals surface area (Å²) in [6.07, 6.45) is -0.870. The fourth-order valence-corrected chi connectivity index (χ4v) is 3.71. The Morgan fingerprint density at radius 2 is 1.96 bits per heavy atom. The quantitative estimate of drug-likeness (QED) is 0.647. The maximum Gasteiger partial charge on any atom is 0.309 e. The molecule has 9 nitrogen and oxygen atoms in total. The molecule has 0 radical (unpaired) electrons. The zero-order valence-electron chi connectivity index (χ0n) is 13.3. The lowest BCUT2D eigenvalue weighted by atomic mass is 10.3. The van der Waals surface area contributed by atoms with Gasteiger partial charge in [-0.25, -0.2) is 8.42 Å². The van der Waals surface area contributed by atoms with E-state index < -0.39 is 28.1 Å². The van der Waals surface area contributed by atoms with Crippen LogP contribution >= 0.6 is 0 Å².